The molecule has 0 saturated heterocycles. The van der Waals surface area contributed by atoms with Gasteiger partial charge in [0.15, 0.2) is 0 Å². The first-order valence-corrected chi connectivity index (χ1v) is 5.81. The highest BCUT2D eigenvalue weighted by Gasteiger charge is 1.88. The van der Waals surface area contributed by atoms with Crippen molar-refractivity contribution in [1.29, 1.82) is 0 Å². The minimum atomic E-state index is -0.121. The van der Waals surface area contributed by atoms with Crippen LogP contribution < -0.4 is 10.2 Å². The maximum atomic E-state index is 10.3. The quantitative estimate of drug-likeness (QED) is 0.634. The number of hydrogen-bond donors (Lipinski definition) is 0. The molecular weight excluding hydrogens is 228 g/mol. The lowest BCUT2D eigenvalue weighted by Crippen LogP contribution is -2.27. The summed E-state index contributed by atoms with van der Waals surface area (Å²) in [6.07, 6.45) is 0. The predicted molar refractivity (Wildman–Crippen MR) is 73.2 cm³/mol. The second-order valence-electron chi connectivity index (χ2n) is 6.84. The van der Waals surface area contributed by atoms with Gasteiger partial charge in [-0.1, -0.05) is 24.3 Å². The van der Waals surface area contributed by atoms with Crippen molar-refractivity contribution >= 4 is 0 Å². The van der Waals surface area contributed by atoms with Crippen molar-refractivity contribution in [3.05, 3.63) is 24.3 Å². The van der Waals surface area contributed by atoms with Gasteiger partial charge in [0.25, 0.3) is 0 Å². The Morgan fingerprint density at radius 3 is 0.778 bits per heavy atom. The van der Waals surface area contributed by atoms with Crippen LogP contribution in [0.4, 0.5) is 0 Å². The summed E-state index contributed by atoms with van der Waals surface area (Å²) < 4.78 is 2.00. The van der Waals surface area contributed by atoms with Crippen LogP contribution in [0.5, 0.6) is 11.5 Å². The van der Waals surface area contributed by atoms with E-state index in [1.807, 2.05) is 0 Å². The molecule has 106 valence electrons. The van der Waals surface area contributed by atoms with Gasteiger partial charge < -0.3 is 19.2 Å². The van der Waals surface area contributed by atoms with Crippen molar-refractivity contribution in [2.75, 3.05) is 56.4 Å². The first-order chi connectivity index (χ1) is 7.79. The van der Waals surface area contributed by atoms with E-state index < -0.39 is 0 Å². The lowest BCUT2D eigenvalue weighted by atomic mass is 10.3. The van der Waals surface area contributed by atoms with Crippen molar-refractivity contribution < 1.29 is 19.2 Å². The normalized spacial score (nSPS) is 10.7. The van der Waals surface area contributed by atoms with Crippen LogP contribution in [-0.4, -0.2) is 65.3 Å². The van der Waals surface area contributed by atoms with Gasteiger partial charge >= 0.3 is 0 Å². The summed E-state index contributed by atoms with van der Waals surface area (Å²) in [6.45, 7) is 0. The van der Waals surface area contributed by atoms with Crippen LogP contribution in [0, 0.1) is 0 Å². The fourth-order valence-corrected chi connectivity index (χ4v) is 0.440. The van der Waals surface area contributed by atoms with E-state index in [9.17, 15) is 10.2 Å². The molecule has 0 N–H and O–H groups in total. The van der Waals surface area contributed by atoms with Gasteiger partial charge in [0.2, 0.25) is 0 Å². The second-order valence-corrected chi connectivity index (χ2v) is 6.84. The van der Waals surface area contributed by atoms with Gasteiger partial charge in [-0.25, -0.2) is 0 Å². The van der Waals surface area contributed by atoms with Crippen molar-refractivity contribution in [3.63, 3.8) is 0 Å². The zero-order valence-corrected chi connectivity index (χ0v) is 13.0. The highest BCUT2D eigenvalue weighted by Crippen LogP contribution is 2.07. The zero-order chi connectivity index (χ0) is 15.0. The molecule has 1 rings (SSSR count). The zero-order valence-electron chi connectivity index (χ0n) is 13.0. The van der Waals surface area contributed by atoms with Crippen LogP contribution in [-0.2, 0) is 0 Å². The standard InChI is InChI=1S/C6H6O2.2C4H12N/c7-5-1-2-6(8)4-3-5;2*1-5(2,3)4/h1-4,7-8H;2*1-4H3/q;2*+1/p-2. The molecule has 18 heavy (non-hydrogen) atoms. The minimum absolute atomic E-state index is 0.121. The van der Waals surface area contributed by atoms with E-state index in [4.69, 9.17) is 0 Å². The molecule has 1 aromatic carbocycles. The van der Waals surface area contributed by atoms with Crippen molar-refractivity contribution in [1.82, 2.24) is 0 Å². The molecule has 4 nitrogen and oxygen atoms in total. The van der Waals surface area contributed by atoms with Gasteiger partial charge in [-0.3, -0.25) is 0 Å². The fourth-order valence-electron chi connectivity index (χ4n) is 0.440. The minimum Gasteiger partial charge on any atom is -0.872 e. The predicted octanol–water partition coefficient (Wildman–Crippen LogP) is 0.479. The van der Waals surface area contributed by atoms with E-state index in [1.54, 1.807) is 0 Å². The smallest absolute Gasteiger partial charge is 0.0675 e. The Balaban J connectivity index is 0. The Labute approximate surface area is 112 Å². The van der Waals surface area contributed by atoms with Gasteiger partial charge in [-0.2, -0.15) is 0 Å². The van der Waals surface area contributed by atoms with Crippen molar-refractivity contribution in [3.8, 4) is 11.5 Å². The molecule has 0 aliphatic carbocycles. The molecule has 0 aromatic heterocycles. The lowest BCUT2D eigenvalue weighted by molar-refractivity contribution is -0.849. The molecule has 0 heterocycles. The number of quaternary nitrogens is 2. The third-order valence-electron chi connectivity index (χ3n) is 0.824. The van der Waals surface area contributed by atoms with Crippen LogP contribution in [0.1, 0.15) is 0 Å². The third kappa shape index (κ3) is 36.4. The molecule has 0 aliphatic heterocycles. The summed E-state index contributed by atoms with van der Waals surface area (Å²) in [7, 11) is 17.0. The fraction of sp³-hybridized carbons (Fsp3) is 0.571. The molecular formula is C14H28N2O2. The van der Waals surface area contributed by atoms with Crippen molar-refractivity contribution in [2.45, 2.75) is 0 Å². The van der Waals surface area contributed by atoms with E-state index in [0.717, 1.165) is 8.97 Å². The monoisotopic (exact) mass is 256 g/mol. The van der Waals surface area contributed by atoms with Crippen molar-refractivity contribution in [2.24, 2.45) is 0 Å². The molecule has 0 bridgehead atoms. The average Bonchev–Trinajstić information content (AvgIpc) is 2.04. The Hall–Kier alpha value is -1.26. The molecule has 0 radical (unpaired) electrons. The Morgan fingerprint density at radius 1 is 0.556 bits per heavy atom. The van der Waals surface area contributed by atoms with Crippen LogP contribution in [0.25, 0.3) is 0 Å². The highest BCUT2D eigenvalue weighted by atomic mass is 16.3. The van der Waals surface area contributed by atoms with E-state index in [0.29, 0.717) is 0 Å². The Bertz CT molecular complexity index is 263. The van der Waals surface area contributed by atoms with Crippen LogP contribution >= 0.6 is 0 Å². The van der Waals surface area contributed by atoms with Gasteiger partial charge in [0.05, 0.1) is 56.4 Å². The summed E-state index contributed by atoms with van der Waals surface area (Å²) in [5, 5.41) is 20.6. The Morgan fingerprint density at radius 2 is 0.667 bits per heavy atom. The van der Waals surface area contributed by atoms with E-state index >= 15 is 0 Å². The first-order valence-electron chi connectivity index (χ1n) is 5.81. The summed E-state index contributed by atoms with van der Waals surface area (Å²) in [6, 6.07) is 5.01. The van der Waals surface area contributed by atoms with Crippen LogP contribution in [0.15, 0.2) is 24.3 Å². The van der Waals surface area contributed by atoms with Gasteiger partial charge in [0.1, 0.15) is 0 Å². The number of hydrogen-bond acceptors (Lipinski definition) is 2. The maximum Gasteiger partial charge on any atom is 0.0675 e. The number of nitrogens with zero attached hydrogens (tertiary/aromatic N) is 2. The summed E-state index contributed by atoms with van der Waals surface area (Å²) in [5.41, 5.74) is 0. The second kappa shape index (κ2) is 7.95. The largest absolute Gasteiger partial charge is 0.872 e. The highest BCUT2D eigenvalue weighted by molar-refractivity contribution is 5.26. The number of benzene rings is 1. The summed E-state index contributed by atoms with van der Waals surface area (Å²) >= 11 is 0. The molecule has 0 fully saturated rings. The molecule has 0 spiro atoms. The molecule has 4 heteroatoms. The van der Waals surface area contributed by atoms with E-state index in [2.05, 4.69) is 56.4 Å². The van der Waals surface area contributed by atoms with Gasteiger partial charge in [0, 0.05) is 0 Å². The molecule has 0 atom stereocenters. The van der Waals surface area contributed by atoms with Crippen LogP contribution in [0.3, 0.4) is 0 Å². The molecule has 1 aromatic rings. The molecule has 0 unspecified atom stereocenters. The number of rotatable bonds is 0. The lowest BCUT2D eigenvalue weighted by Gasteiger charge is -2.14. The van der Waals surface area contributed by atoms with Gasteiger partial charge in [-0.15, -0.1) is 11.5 Å². The molecule has 0 amide bonds. The van der Waals surface area contributed by atoms with E-state index in [1.165, 1.54) is 24.3 Å². The SMILES string of the molecule is C[N+](C)(C)C.C[N+](C)(C)C.[O-]c1ccc([O-])cc1. The molecule has 0 saturated carbocycles. The third-order valence-corrected chi connectivity index (χ3v) is 0.824. The Kier molecular flexibility index (Phi) is 8.43. The summed E-state index contributed by atoms with van der Waals surface area (Å²) in [5.74, 6) is -0.241. The van der Waals surface area contributed by atoms with Gasteiger partial charge in [-0.05, 0) is 0 Å². The topological polar surface area (TPSA) is 46.1 Å². The first kappa shape index (κ1) is 19.1. The van der Waals surface area contributed by atoms with E-state index in [-0.39, 0.29) is 11.5 Å². The summed E-state index contributed by atoms with van der Waals surface area (Å²) in [4.78, 5) is 0. The maximum absolute atomic E-state index is 10.3. The molecule has 0 aliphatic rings. The van der Waals surface area contributed by atoms with Crippen LogP contribution in [0.2, 0.25) is 0 Å². The average molecular weight is 256 g/mol.